The van der Waals surface area contributed by atoms with Crippen molar-refractivity contribution in [3.8, 4) is 11.8 Å². The first-order chi connectivity index (χ1) is 7.98. The fraction of sp³-hybridized carbons (Fsp3) is 0.429. The summed E-state index contributed by atoms with van der Waals surface area (Å²) in [4.78, 5) is 0.412. The van der Waals surface area contributed by atoms with Crippen LogP contribution >= 0.6 is 0 Å². The van der Waals surface area contributed by atoms with E-state index >= 15 is 0 Å². The molecule has 2 nitrogen and oxygen atoms in total. The predicted molar refractivity (Wildman–Crippen MR) is 70.5 cm³/mol. The molecule has 17 heavy (non-hydrogen) atoms. The minimum atomic E-state index is -3.17. The van der Waals surface area contributed by atoms with E-state index in [4.69, 9.17) is 0 Å². The van der Waals surface area contributed by atoms with Gasteiger partial charge in [-0.1, -0.05) is 12.1 Å². The van der Waals surface area contributed by atoms with Gasteiger partial charge in [-0.05, 0) is 44.9 Å². The number of rotatable bonds is 4. The first kappa shape index (κ1) is 13.8. The summed E-state index contributed by atoms with van der Waals surface area (Å²) < 4.78 is 24.0. The number of hydrogen-bond donors (Lipinski definition) is 0. The van der Waals surface area contributed by atoms with Gasteiger partial charge >= 0.3 is 0 Å². The molecule has 1 aromatic carbocycles. The van der Waals surface area contributed by atoms with Crippen LogP contribution < -0.4 is 0 Å². The van der Waals surface area contributed by atoms with Crippen LogP contribution in [0.3, 0.4) is 0 Å². The lowest BCUT2D eigenvalue weighted by Crippen LogP contribution is -2.14. The van der Waals surface area contributed by atoms with Gasteiger partial charge in [-0.3, -0.25) is 0 Å². The van der Waals surface area contributed by atoms with Crippen LogP contribution in [0.25, 0.3) is 0 Å². The van der Waals surface area contributed by atoms with E-state index in [1.165, 1.54) is 0 Å². The van der Waals surface area contributed by atoms with Crippen molar-refractivity contribution in [2.24, 2.45) is 0 Å². The van der Waals surface area contributed by atoms with Crippen LogP contribution in [-0.4, -0.2) is 13.7 Å². The summed E-state index contributed by atoms with van der Waals surface area (Å²) in [7, 11) is -3.17. The number of hydrogen-bond acceptors (Lipinski definition) is 2. The van der Waals surface area contributed by atoms with E-state index in [9.17, 15) is 8.42 Å². The lowest BCUT2D eigenvalue weighted by Gasteiger charge is -2.08. The minimum Gasteiger partial charge on any atom is -0.223 e. The van der Waals surface area contributed by atoms with Gasteiger partial charge in [-0.2, -0.15) is 0 Å². The van der Waals surface area contributed by atoms with Crippen LogP contribution in [0.1, 0.15) is 32.8 Å². The third-order valence-corrected chi connectivity index (χ3v) is 4.72. The molecule has 0 aliphatic carbocycles. The van der Waals surface area contributed by atoms with E-state index in [1.54, 1.807) is 39.0 Å². The summed E-state index contributed by atoms with van der Waals surface area (Å²) in [6.07, 6.45) is 1.56. The second-order valence-electron chi connectivity index (χ2n) is 4.17. The smallest absolute Gasteiger partial charge is 0.180 e. The largest absolute Gasteiger partial charge is 0.223 e. The molecule has 0 N–H and O–H groups in total. The molecule has 1 rings (SSSR count). The van der Waals surface area contributed by atoms with E-state index in [0.29, 0.717) is 4.90 Å². The topological polar surface area (TPSA) is 34.1 Å². The molecule has 0 fully saturated rings. The molecular weight excluding hydrogens is 232 g/mol. The molecule has 0 heterocycles. The third kappa shape index (κ3) is 3.61. The molecule has 0 unspecified atom stereocenters. The van der Waals surface area contributed by atoms with Crippen LogP contribution in [0.2, 0.25) is 0 Å². The minimum absolute atomic E-state index is 0.381. The molecule has 3 heteroatoms. The molecule has 0 aliphatic rings. The Hall–Kier alpha value is -1.27. The highest BCUT2D eigenvalue weighted by molar-refractivity contribution is 7.92. The molecule has 0 aliphatic heterocycles. The lowest BCUT2D eigenvalue weighted by atomic mass is 10.1. The maximum atomic E-state index is 12.0. The Morgan fingerprint density at radius 1 is 1.29 bits per heavy atom. The second kappa shape index (κ2) is 5.88. The van der Waals surface area contributed by atoms with Gasteiger partial charge < -0.3 is 0 Å². The quantitative estimate of drug-likeness (QED) is 0.770. The lowest BCUT2D eigenvalue weighted by molar-refractivity contribution is 0.587. The standard InChI is InChI=1S/C14H18O2S/c1-4-5-6-8-13-9-7-10-14(11-13)17(15,16)12(2)3/h7,9-12H,6,8H2,1-3H3. The molecule has 0 spiro atoms. The Labute approximate surface area is 104 Å². The van der Waals surface area contributed by atoms with Gasteiger partial charge in [0.2, 0.25) is 0 Å². The van der Waals surface area contributed by atoms with Gasteiger partial charge in [-0.25, -0.2) is 8.42 Å². The van der Waals surface area contributed by atoms with Crippen LogP contribution in [-0.2, 0) is 16.3 Å². The molecular formula is C14H18O2S. The molecule has 0 saturated carbocycles. The Bertz CT molecular complexity index is 531. The highest BCUT2D eigenvalue weighted by Gasteiger charge is 2.18. The molecule has 92 valence electrons. The third-order valence-electron chi connectivity index (χ3n) is 2.56. The second-order valence-corrected chi connectivity index (χ2v) is 6.67. The summed E-state index contributed by atoms with van der Waals surface area (Å²) >= 11 is 0. The van der Waals surface area contributed by atoms with Gasteiger partial charge in [0.25, 0.3) is 0 Å². The average Bonchev–Trinajstić information content (AvgIpc) is 2.29. The molecule has 0 radical (unpaired) electrons. The summed E-state index contributed by atoms with van der Waals surface area (Å²) in [5, 5.41) is -0.381. The van der Waals surface area contributed by atoms with Crippen molar-refractivity contribution < 1.29 is 8.42 Å². The molecule has 0 bridgehead atoms. The van der Waals surface area contributed by atoms with Crippen molar-refractivity contribution in [2.75, 3.05) is 0 Å². The Kier molecular flexibility index (Phi) is 4.77. The maximum absolute atomic E-state index is 12.0. The van der Waals surface area contributed by atoms with Crippen LogP contribution in [0.5, 0.6) is 0 Å². The van der Waals surface area contributed by atoms with Gasteiger partial charge in [0.15, 0.2) is 9.84 Å². The van der Waals surface area contributed by atoms with Crippen LogP contribution in [0.4, 0.5) is 0 Å². The van der Waals surface area contributed by atoms with Gasteiger partial charge in [0.1, 0.15) is 0 Å². The molecule has 0 saturated heterocycles. The summed E-state index contributed by atoms with van der Waals surface area (Å²) in [6, 6.07) is 7.15. The fourth-order valence-corrected chi connectivity index (χ4v) is 2.61. The molecule has 0 aromatic heterocycles. The number of aryl methyl sites for hydroxylation is 1. The van der Waals surface area contributed by atoms with Crippen LogP contribution in [0.15, 0.2) is 29.2 Å². The van der Waals surface area contributed by atoms with Gasteiger partial charge in [0, 0.05) is 6.42 Å². The SMILES string of the molecule is CC#CCCc1cccc(S(=O)(=O)C(C)C)c1. The van der Waals surface area contributed by atoms with Crippen molar-refractivity contribution in [1.29, 1.82) is 0 Å². The Balaban J connectivity index is 2.96. The van der Waals surface area contributed by atoms with E-state index in [0.717, 1.165) is 18.4 Å². The zero-order valence-electron chi connectivity index (χ0n) is 10.5. The first-order valence-corrected chi connectivity index (χ1v) is 7.25. The Morgan fingerprint density at radius 2 is 2.00 bits per heavy atom. The molecule has 0 amide bonds. The monoisotopic (exact) mass is 250 g/mol. The van der Waals surface area contributed by atoms with Gasteiger partial charge in [-0.15, -0.1) is 11.8 Å². The zero-order chi connectivity index (χ0) is 12.9. The average molecular weight is 250 g/mol. The normalized spacial score (nSPS) is 11.1. The van der Waals surface area contributed by atoms with Crippen molar-refractivity contribution in [3.05, 3.63) is 29.8 Å². The number of benzene rings is 1. The zero-order valence-corrected chi connectivity index (χ0v) is 11.3. The maximum Gasteiger partial charge on any atom is 0.180 e. The van der Waals surface area contributed by atoms with Crippen molar-refractivity contribution in [1.82, 2.24) is 0 Å². The first-order valence-electron chi connectivity index (χ1n) is 5.71. The highest BCUT2D eigenvalue weighted by Crippen LogP contribution is 2.17. The van der Waals surface area contributed by atoms with E-state index in [1.807, 2.05) is 6.07 Å². The van der Waals surface area contributed by atoms with Crippen molar-refractivity contribution in [3.63, 3.8) is 0 Å². The predicted octanol–water partition coefficient (Wildman–Crippen LogP) is 2.82. The van der Waals surface area contributed by atoms with E-state index in [2.05, 4.69) is 11.8 Å². The van der Waals surface area contributed by atoms with Crippen molar-refractivity contribution in [2.45, 2.75) is 43.8 Å². The number of sulfone groups is 1. The van der Waals surface area contributed by atoms with Gasteiger partial charge in [0.05, 0.1) is 10.1 Å². The van der Waals surface area contributed by atoms with E-state index < -0.39 is 9.84 Å². The fourth-order valence-electron chi connectivity index (χ4n) is 1.48. The summed E-state index contributed by atoms with van der Waals surface area (Å²) in [6.45, 7) is 5.20. The van der Waals surface area contributed by atoms with E-state index in [-0.39, 0.29) is 5.25 Å². The van der Waals surface area contributed by atoms with Crippen molar-refractivity contribution >= 4 is 9.84 Å². The summed E-state index contributed by atoms with van der Waals surface area (Å²) in [5.41, 5.74) is 1.02. The summed E-state index contributed by atoms with van der Waals surface area (Å²) in [5.74, 6) is 5.81. The molecule has 1 aromatic rings. The van der Waals surface area contributed by atoms with Crippen LogP contribution in [0, 0.1) is 11.8 Å². The highest BCUT2D eigenvalue weighted by atomic mass is 32.2. The molecule has 0 atom stereocenters. The Morgan fingerprint density at radius 3 is 2.59 bits per heavy atom.